The molecule has 0 fully saturated rings. The quantitative estimate of drug-likeness (QED) is 0.683. The van der Waals surface area contributed by atoms with Crippen molar-refractivity contribution in [2.24, 2.45) is 0 Å². The minimum absolute atomic E-state index is 0.0329. The van der Waals surface area contributed by atoms with Crippen molar-refractivity contribution < 1.29 is 31.1 Å². The number of sulfone groups is 1. The van der Waals surface area contributed by atoms with Crippen LogP contribution in [0.25, 0.3) is 10.1 Å². The van der Waals surface area contributed by atoms with Crippen molar-refractivity contribution in [3.05, 3.63) is 53.4 Å². The molecular formula is C17H12F3NO4S2. The van der Waals surface area contributed by atoms with E-state index in [9.17, 15) is 26.4 Å². The minimum Gasteiger partial charge on any atom is -0.495 e. The molecule has 0 unspecified atom stereocenters. The topological polar surface area (TPSA) is 72.5 Å². The number of carbonyl (C=O) groups is 1. The van der Waals surface area contributed by atoms with E-state index in [1.54, 1.807) is 6.07 Å². The number of carbonyl (C=O) groups excluding carboxylic acids is 1. The maximum absolute atomic E-state index is 12.8. The fourth-order valence-electron chi connectivity index (χ4n) is 2.36. The van der Waals surface area contributed by atoms with Crippen LogP contribution in [0.4, 0.5) is 18.9 Å². The van der Waals surface area contributed by atoms with Gasteiger partial charge in [0.05, 0.1) is 22.6 Å². The highest BCUT2D eigenvalue weighted by molar-refractivity contribution is 7.92. The largest absolute Gasteiger partial charge is 0.501 e. The third kappa shape index (κ3) is 3.62. The summed E-state index contributed by atoms with van der Waals surface area (Å²) in [4.78, 5) is 11.8. The Hall–Kier alpha value is -2.59. The van der Waals surface area contributed by atoms with Crippen LogP contribution < -0.4 is 10.1 Å². The van der Waals surface area contributed by atoms with Crippen LogP contribution in [0, 0.1) is 0 Å². The molecule has 0 aliphatic carbocycles. The lowest BCUT2D eigenvalue weighted by molar-refractivity contribution is -0.0436. The first kappa shape index (κ1) is 19.2. The van der Waals surface area contributed by atoms with Crippen LogP contribution in [0.3, 0.4) is 0 Å². The number of methoxy groups -OCH3 is 1. The number of halogens is 3. The number of hydrogen-bond donors (Lipinski definition) is 1. The molecule has 0 bridgehead atoms. The van der Waals surface area contributed by atoms with Crippen LogP contribution in [0.1, 0.15) is 9.67 Å². The lowest BCUT2D eigenvalue weighted by Gasteiger charge is -2.13. The molecule has 0 spiro atoms. The summed E-state index contributed by atoms with van der Waals surface area (Å²) in [5.74, 6) is -0.554. The Morgan fingerprint density at radius 1 is 1.11 bits per heavy atom. The summed E-state index contributed by atoms with van der Waals surface area (Å²) in [6.07, 6.45) is 0. The third-order valence-corrected chi connectivity index (χ3v) is 6.28. The number of alkyl halides is 3. The second-order valence-electron chi connectivity index (χ2n) is 5.41. The van der Waals surface area contributed by atoms with Crippen molar-refractivity contribution in [3.63, 3.8) is 0 Å². The molecule has 1 heterocycles. The Balaban J connectivity index is 1.98. The number of benzene rings is 2. The number of ether oxygens (including phenoxy) is 1. The van der Waals surface area contributed by atoms with Gasteiger partial charge in [0.15, 0.2) is 0 Å². The average molecular weight is 415 g/mol. The highest BCUT2D eigenvalue weighted by Crippen LogP contribution is 2.35. The predicted octanol–water partition coefficient (Wildman–Crippen LogP) is 4.46. The SMILES string of the molecule is COc1ccc(S(=O)(=O)C(F)(F)F)cc1NC(=O)c1cc2ccccc2s1. The van der Waals surface area contributed by atoms with Gasteiger partial charge in [-0.3, -0.25) is 4.79 Å². The van der Waals surface area contributed by atoms with Crippen molar-refractivity contribution in [1.82, 2.24) is 0 Å². The molecule has 10 heteroatoms. The lowest BCUT2D eigenvalue weighted by atomic mass is 10.2. The molecule has 0 aliphatic rings. The van der Waals surface area contributed by atoms with E-state index < -0.39 is 26.1 Å². The summed E-state index contributed by atoms with van der Waals surface area (Å²) in [7, 11) is -4.30. The predicted molar refractivity (Wildman–Crippen MR) is 96.0 cm³/mol. The van der Waals surface area contributed by atoms with E-state index in [-0.39, 0.29) is 11.4 Å². The summed E-state index contributed by atoms with van der Waals surface area (Å²) < 4.78 is 67.4. The molecule has 3 rings (SSSR count). The Morgan fingerprint density at radius 2 is 1.81 bits per heavy atom. The molecule has 0 saturated carbocycles. The molecule has 1 aromatic heterocycles. The van der Waals surface area contributed by atoms with Crippen LogP contribution in [-0.4, -0.2) is 26.9 Å². The molecule has 0 atom stereocenters. The Kier molecular flexibility index (Phi) is 4.87. The van der Waals surface area contributed by atoms with Gasteiger partial charge in [0, 0.05) is 4.70 Å². The van der Waals surface area contributed by atoms with Gasteiger partial charge in [-0.1, -0.05) is 18.2 Å². The second kappa shape index (κ2) is 6.86. The minimum atomic E-state index is -5.55. The lowest BCUT2D eigenvalue weighted by Crippen LogP contribution is -2.23. The van der Waals surface area contributed by atoms with Gasteiger partial charge in [-0.25, -0.2) is 8.42 Å². The molecule has 2 aromatic carbocycles. The van der Waals surface area contributed by atoms with Crippen molar-refractivity contribution in [3.8, 4) is 5.75 Å². The fourth-order valence-corrected chi connectivity index (χ4v) is 4.11. The van der Waals surface area contributed by atoms with Gasteiger partial charge in [-0.05, 0) is 35.7 Å². The van der Waals surface area contributed by atoms with E-state index in [4.69, 9.17) is 4.74 Å². The molecule has 1 amide bonds. The van der Waals surface area contributed by atoms with E-state index in [1.807, 2.05) is 24.3 Å². The number of fused-ring (bicyclic) bond motifs is 1. The first-order chi connectivity index (χ1) is 12.6. The van der Waals surface area contributed by atoms with E-state index in [2.05, 4.69) is 5.32 Å². The normalized spacial score (nSPS) is 12.1. The summed E-state index contributed by atoms with van der Waals surface area (Å²) in [6.45, 7) is 0. The van der Waals surface area contributed by atoms with Crippen LogP contribution in [0.5, 0.6) is 5.75 Å². The first-order valence-electron chi connectivity index (χ1n) is 7.43. The summed E-state index contributed by atoms with van der Waals surface area (Å²) in [5, 5.41) is 3.26. The summed E-state index contributed by atoms with van der Waals surface area (Å²) >= 11 is 1.20. The van der Waals surface area contributed by atoms with Gasteiger partial charge < -0.3 is 10.1 Å². The van der Waals surface area contributed by atoms with Gasteiger partial charge in [0.1, 0.15) is 5.75 Å². The zero-order valence-electron chi connectivity index (χ0n) is 13.7. The Morgan fingerprint density at radius 3 is 2.44 bits per heavy atom. The zero-order chi connectivity index (χ0) is 19.8. The van der Waals surface area contributed by atoms with E-state index in [1.165, 1.54) is 18.4 Å². The van der Waals surface area contributed by atoms with Gasteiger partial charge in [-0.15, -0.1) is 11.3 Å². The zero-order valence-corrected chi connectivity index (χ0v) is 15.3. The molecule has 0 aliphatic heterocycles. The number of rotatable bonds is 4. The standard InChI is InChI=1S/C17H12F3NO4S2/c1-25-13-7-6-11(27(23,24)17(18,19)20)9-12(13)21-16(22)15-8-10-4-2-3-5-14(10)26-15/h2-9H,1H3,(H,21,22). The molecule has 0 radical (unpaired) electrons. The van der Waals surface area contributed by atoms with Crippen molar-refractivity contribution >= 4 is 42.9 Å². The molecule has 0 saturated heterocycles. The van der Waals surface area contributed by atoms with E-state index >= 15 is 0 Å². The Bertz CT molecular complexity index is 1090. The van der Waals surface area contributed by atoms with E-state index in [0.29, 0.717) is 4.88 Å². The van der Waals surface area contributed by atoms with Crippen LogP contribution in [0.2, 0.25) is 0 Å². The molecular weight excluding hydrogens is 403 g/mol. The van der Waals surface area contributed by atoms with Crippen molar-refractivity contribution in [2.45, 2.75) is 10.4 Å². The molecule has 5 nitrogen and oxygen atoms in total. The highest BCUT2D eigenvalue weighted by Gasteiger charge is 2.47. The maximum atomic E-state index is 12.8. The number of nitrogens with one attached hydrogen (secondary N) is 1. The van der Waals surface area contributed by atoms with Gasteiger partial charge >= 0.3 is 5.51 Å². The van der Waals surface area contributed by atoms with Crippen LogP contribution in [-0.2, 0) is 9.84 Å². The molecule has 142 valence electrons. The van der Waals surface area contributed by atoms with Crippen molar-refractivity contribution in [2.75, 3.05) is 12.4 Å². The third-order valence-electron chi connectivity index (χ3n) is 3.68. The van der Waals surface area contributed by atoms with Gasteiger partial charge in [0.25, 0.3) is 15.7 Å². The van der Waals surface area contributed by atoms with E-state index in [0.717, 1.165) is 28.3 Å². The number of thiophene rings is 1. The number of amides is 1. The molecule has 3 aromatic rings. The van der Waals surface area contributed by atoms with Gasteiger partial charge in [-0.2, -0.15) is 13.2 Å². The van der Waals surface area contributed by atoms with Gasteiger partial charge in [0.2, 0.25) is 0 Å². The molecule has 27 heavy (non-hydrogen) atoms. The second-order valence-corrected chi connectivity index (χ2v) is 8.44. The first-order valence-corrected chi connectivity index (χ1v) is 9.73. The van der Waals surface area contributed by atoms with Crippen LogP contribution in [0.15, 0.2) is 53.4 Å². The monoisotopic (exact) mass is 415 g/mol. The number of anilines is 1. The summed E-state index contributed by atoms with van der Waals surface area (Å²) in [5.41, 5.74) is -5.63. The average Bonchev–Trinajstić information content (AvgIpc) is 3.05. The number of hydrogen-bond acceptors (Lipinski definition) is 5. The fraction of sp³-hybridized carbons (Fsp3) is 0.118. The molecule has 1 N–H and O–H groups in total. The maximum Gasteiger partial charge on any atom is 0.501 e. The smallest absolute Gasteiger partial charge is 0.495 e. The van der Waals surface area contributed by atoms with Crippen LogP contribution >= 0.6 is 11.3 Å². The Labute approximate surface area is 156 Å². The summed E-state index contributed by atoms with van der Waals surface area (Å²) in [6, 6.07) is 11.5. The highest BCUT2D eigenvalue weighted by atomic mass is 32.2. The van der Waals surface area contributed by atoms with Crippen molar-refractivity contribution in [1.29, 1.82) is 0 Å².